The van der Waals surface area contributed by atoms with Gasteiger partial charge in [-0.2, -0.15) is 0 Å². The number of hydrogen-bond acceptors (Lipinski definition) is 3. The van der Waals surface area contributed by atoms with Crippen LogP contribution in [0.25, 0.3) is 0 Å². The third kappa shape index (κ3) is 7.11. The number of nitrogens with zero attached hydrogens (tertiary/aromatic N) is 1. The summed E-state index contributed by atoms with van der Waals surface area (Å²) in [6.07, 6.45) is 4.78. The average Bonchev–Trinajstić information content (AvgIpc) is 3.13. The highest BCUT2D eigenvalue weighted by Gasteiger charge is 2.27. The zero-order valence-corrected chi connectivity index (χ0v) is 16.9. The van der Waals surface area contributed by atoms with Crippen molar-refractivity contribution in [2.24, 2.45) is 11.7 Å². The summed E-state index contributed by atoms with van der Waals surface area (Å²) in [5.74, 6) is -0.650. The van der Waals surface area contributed by atoms with Crippen molar-refractivity contribution in [2.75, 3.05) is 13.1 Å². The topological polar surface area (TPSA) is 75.4 Å². The molecular weight excluding hydrogens is 369 g/mol. The maximum Gasteiger partial charge on any atom is 0.242 e. The molecule has 0 spiro atoms. The fourth-order valence-electron chi connectivity index (χ4n) is 3.35. The van der Waals surface area contributed by atoms with Gasteiger partial charge in [0.15, 0.2) is 0 Å². The smallest absolute Gasteiger partial charge is 0.242 e. The third-order valence-electron chi connectivity index (χ3n) is 5.05. The molecule has 5 nitrogen and oxygen atoms in total. The number of hydrogen-bond donors (Lipinski definition) is 2. The van der Waals surface area contributed by atoms with Crippen molar-refractivity contribution in [1.82, 2.24) is 10.2 Å². The van der Waals surface area contributed by atoms with Crippen molar-refractivity contribution < 1.29 is 14.0 Å². The Morgan fingerprint density at radius 1 is 1.30 bits per heavy atom. The van der Waals surface area contributed by atoms with Gasteiger partial charge in [0, 0.05) is 12.6 Å². The SMILES string of the molecule is CC(C)[C@H](N)C(=O)NCC(=O)N(CCc1cccc(F)c1)C1CCCC1.Cl. The van der Waals surface area contributed by atoms with Gasteiger partial charge in [-0.15, -0.1) is 12.4 Å². The number of carbonyl (C=O) groups is 2. The van der Waals surface area contributed by atoms with Crippen LogP contribution in [0, 0.1) is 11.7 Å². The first-order valence-corrected chi connectivity index (χ1v) is 9.45. The first-order chi connectivity index (χ1) is 12.4. The molecule has 2 rings (SSSR count). The molecule has 1 aliphatic carbocycles. The Morgan fingerprint density at radius 3 is 2.56 bits per heavy atom. The van der Waals surface area contributed by atoms with Crippen LogP contribution in [0.3, 0.4) is 0 Å². The summed E-state index contributed by atoms with van der Waals surface area (Å²) in [5.41, 5.74) is 6.69. The van der Waals surface area contributed by atoms with Crippen LogP contribution in [0.15, 0.2) is 24.3 Å². The molecule has 2 amide bonds. The largest absolute Gasteiger partial charge is 0.346 e. The Bertz CT molecular complexity index is 621. The molecule has 1 aromatic rings. The summed E-state index contributed by atoms with van der Waals surface area (Å²) < 4.78 is 13.4. The third-order valence-corrected chi connectivity index (χ3v) is 5.05. The van der Waals surface area contributed by atoms with Crippen LogP contribution in [-0.2, 0) is 16.0 Å². The first-order valence-electron chi connectivity index (χ1n) is 9.45. The molecule has 1 aromatic carbocycles. The summed E-state index contributed by atoms with van der Waals surface area (Å²) >= 11 is 0. The number of halogens is 2. The minimum Gasteiger partial charge on any atom is -0.346 e. The Hall–Kier alpha value is -1.66. The zero-order chi connectivity index (χ0) is 19.1. The fraction of sp³-hybridized carbons (Fsp3) is 0.600. The van der Waals surface area contributed by atoms with E-state index < -0.39 is 6.04 Å². The van der Waals surface area contributed by atoms with Crippen molar-refractivity contribution >= 4 is 24.2 Å². The van der Waals surface area contributed by atoms with Crippen LogP contribution in [0.4, 0.5) is 4.39 Å². The van der Waals surface area contributed by atoms with E-state index in [0.717, 1.165) is 31.2 Å². The van der Waals surface area contributed by atoms with Crippen LogP contribution in [0.1, 0.15) is 45.1 Å². The molecule has 0 unspecified atom stereocenters. The highest BCUT2D eigenvalue weighted by Crippen LogP contribution is 2.24. The minimum absolute atomic E-state index is 0. The molecule has 27 heavy (non-hydrogen) atoms. The number of benzene rings is 1. The minimum atomic E-state index is -0.616. The molecule has 0 saturated heterocycles. The number of nitrogens with two attached hydrogens (primary N) is 1. The van der Waals surface area contributed by atoms with Gasteiger partial charge in [-0.25, -0.2) is 4.39 Å². The van der Waals surface area contributed by atoms with Crippen molar-refractivity contribution in [3.8, 4) is 0 Å². The van der Waals surface area contributed by atoms with E-state index in [2.05, 4.69) is 5.32 Å². The number of rotatable bonds is 8. The maximum atomic E-state index is 13.4. The van der Waals surface area contributed by atoms with Crippen LogP contribution in [-0.4, -0.2) is 41.9 Å². The summed E-state index contributed by atoms with van der Waals surface area (Å²) in [6, 6.07) is 6.04. The second-order valence-corrected chi connectivity index (χ2v) is 7.39. The number of nitrogens with one attached hydrogen (secondary N) is 1. The molecule has 0 bridgehead atoms. The lowest BCUT2D eigenvalue weighted by atomic mass is 10.1. The lowest BCUT2D eigenvalue weighted by Gasteiger charge is -2.29. The molecule has 3 N–H and O–H groups in total. The fourth-order valence-corrected chi connectivity index (χ4v) is 3.35. The maximum absolute atomic E-state index is 13.4. The predicted octanol–water partition coefficient (Wildman–Crippen LogP) is 2.66. The molecular formula is C20H31ClFN3O2. The quantitative estimate of drug-likeness (QED) is 0.705. The molecule has 0 aliphatic heterocycles. The van der Waals surface area contributed by atoms with E-state index in [1.807, 2.05) is 24.8 Å². The zero-order valence-electron chi connectivity index (χ0n) is 16.1. The van der Waals surface area contributed by atoms with Gasteiger partial charge < -0.3 is 16.0 Å². The second-order valence-electron chi connectivity index (χ2n) is 7.39. The van der Waals surface area contributed by atoms with Gasteiger partial charge in [-0.1, -0.05) is 38.8 Å². The lowest BCUT2D eigenvalue weighted by molar-refractivity contribution is -0.135. The Balaban J connectivity index is 0.00000364. The molecule has 1 atom stereocenters. The molecule has 1 saturated carbocycles. The van der Waals surface area contributed by atoms with Crippen LogP contribution >= 0.6 is 12.4 Å². The van der Waals surface area contributed by atoms with Crippen LogP contribution in [0.5, 0.6) is 0 Å². The summed E-state index contributed by atoms with van der Waals surface area (Å²) in [6.45, 7) is 4.23. The van der Waals surface area contributed by atoms with Gasteiger partial charge in [-0.3, -0.25) is 9.59 Å². The standard InChI is InChI=1S/C20H30FN3O2.ClH/c1-14(2)19(22)20(26)23-13-18(25)24(17-8-3-4-9-17)11-10-15-6-5-7-16(21)12-15;/h5-7,12,14,17,19H,3-4,8-11,13,22H2,1-2H3,(H,23,26);1H/t19-;/m0./s1. The Kier molecular flexibility index (Phi) is 9.74. The monoisotopic (exact) mass is 399 g/mol. The summed E-state index contributed by atoms with van der Waals surface area (Å²) in [7, 11) is 0. The van der Waals surface area contributed by atoms with Gasteiger partial charge in [0.1, 0.15) is 5.82 Å². The van der Waals surface area contributed by atoms with Gasteiger partial charge in [0.25, 0.3) is 0 Å². The Labute approximate surface area is 167 Å². The molecule has 152 valence electrons. The molecule has 1 fully saturated rings. The van der Waals surface area contributed by atoms with E-state index in [0.29, 0.717) is 13.0 Å². The van der Waals surface area contributed by atoms with E-state index in [4.69, 9.17) is 5.73 Å². The van der Waals surface area contributed by atoms with E-state index in [1.54, 1.807) is 6.07 Å². The van der Waals surface area contributed by atoms with Gasteiger partial charge in [-0.05, 0) is 42.9 Å². The highest BCUT2D eigenvalue weighted by atomic mass is 35.5. The van der Waals surface area contributed by atoms with Gasteiger partial charge in [0.05, 0.1) is 12.6 Å². The molecule has 0 heterocycles. The van der Waals surface area contributed by atoms with Gasteiger partial charge >= 0.3 is 0 Å². The summed E-state index contributed by atoms with van der Waals surface area (Å²) in [5, 5.41) is 2.66. The van der Waals surface area contributed by atoms with Crippen molar-refractivity contribution in [2.45, 2.75) is 58.0 Å². The van der Waals surface area contributed by atoms with Crippen LogP contribution < -0.4 is 11.1 Å². The van der Waals surface area contributed by atoms with Crippen molar-refractivity contribution in [3.05, 3.63) is 35.6 Å². The first kappa shape index (κ1) is 23.4. The van der Waals surface area contributed by atoms with E-state index in [1.165, 1.54) is 12.1 Å². The molecule has 0 aromatic heterocycles. The number of amides is 2. The van der Waals surface area contributed by atoms with E-state index >= 15 is 0 Å². The van der Waals surface area contributed by atoms with Gasteiger partial charge in [0.2, 0.25) is 11.8 Å². The molecule has 7 heteroatoms. The second kappa shape index (κ2) is 11.2. The average molecular weight is 400 g/mol. The molecule has 1 aliphatic rings. The molecule has 0 radical (unpaired) electrons. The lowest BCUT2D eigenvalue weighted by Crippen LogP contribution is -2.49. The number of carbonyl (C=O) groups excluding carboxylic acids is 2. The van der Waals surface area contributed by atoms with Crippen molar-refractivity contribution in [3.63, 3.8) is 0 Å². The van der Waals surface area contributed by atoms with E-state index in [9.17, 15) is 14.0 Å². The summed E-state index contributed by atoms with van der Waals surface area (Å²) in [4.78, 5) is 26.6. The van der Waals surface area contributed by atoms with Crippen LogP contribution in [0.2, 0.25) is 0 Å². The van der Waals surface area contributed by atoms with Crippen molar-refractivity contribution in [1.29, 1.82) is 0 Å². The normalized spacial score (nSPS) is 15.3. The highest BCUT2D eigenvalue weighted by molar-refractivity contribution is 5.87. The van der Waals surface area contributed by atoms with E-state index in [-0.39, 0.29) is 48.5 Å². The predicted molar refractivity (Wildman–Crippen MR) is 107 cm³/mol. The Morgan fingerprint density at radius 2 is 1.96 bits per heavy atom.